The summed E-state index contributed by atoms with van der Waals surface area (Å²) in [5, 5.41) is 0. The Hall–Kier alpha value is -2.61. The first kappa shape index (κ1) is 16.8. The molecule has 0 amide bonds. The van der Waals surface area contributed by atoms with Crippen LogP contribution in [-0.4, -0.2) is 23.1 Å². The van der Waals surface area contributed by atoms with E-state index >= 15 is 0 Å². The van der Waals surface area contributed by atoms with Crippen LogP contribution in [0.1, 0.15) is 17.0 Å². The molecule has 7 nitrogen and oxygen atoms in total. The number of nitrogens with zero attached hydrogens (tertiary/aromatic N) is 5. The number of hydrogen-bond acceptors (Lipinski definition) is 3. The third kappa shape index (κ3) is 2.21. The molecule has 4 rings (SSSR count). The second-order valence-electron chi connectivity index (χ2n) is 6.51. The maximum absolute atomic E-state index is 13.2. The standard InChI is InChI=1S/C18H18BrN5O2/c1-10-11(2)24-14-15(20-17(24)21(10)3)22(4)18(26)23(16(14)25)9-12-5-7-13(19)8-6-12/h5-8H,9H2,1-4H3. The van der Waals surface area contributed by atoms with Gasteiger partial charge in [-0.05, 0) is 31.5 Å². The fraction of sp³-hybridized carbons (Fsp3) is 0.278. The Labute approximate surface area is 157 Å². The van der Waals surface area contributed by atoms with Gasteiger partial charge >= 0.3 is 5.69 Å². The number of aromatic nitrogens is 5. The number of fused-ring (bicyclic) bond motifs is 3. The second kappa shape index (κ2) is 5.70. The summed E-state index contributed by atoms with van der Waals surface area (Å²) in [5.41, 5.74) is 2.99. The van der Waals surface area contributed by atoms with E-state index < -0.39 is 0 Å². The maximum Gasteiger partial charge on any atom is 0.332 e. The van der Waals surface area contributed by atoms with Crippen LogP contribution in [0.3, 0.4) is 0 Å². The number of imidazole rings is 2. The first-order chi connectivity index (χ1) is 12.3. The average Bonchev–Trinajstić information content (AvgIpc) is 3.11. The Morgan fingerprint density at radius 3 is 2.31 bits per heavy atom. The maximum atomic E-state index is 13.2. The highest BCUT2D eigenvalue weighted by Gasteiger charge is 2.21. The van der Waals surface area contributed by atoms with Crippen molar-refractivity contribution in [3.63, 3.8) is 0 Å². The van der Waals surface area contributed by atoms with E-state index in [2.05, 4.69) is 20.9 Å². The van der Waals surface area contributed by atoms with Crippen LogP contribution >= 0.6 is 15.9 Å². The molecule has 0 aliphatic rings. The molecule has 0 saturated heterocycles. The molecular formula is C18H18BrN5O2. The van der Waals surface area contributed by atoms with Gasteiger partial charge in [0.15, 0.2) is 11.2 Å². The lowest BCUT2D eigenvalue weighted by molar-refractivity contribution is 0.656. The van der Waals surface area contributed by atoms with Gasteiger partial charge in [0.1, 0.15) is 0 Å². The molecule has 134 valence electrons. The normalized spacial score (nSPS) is 11.7. The highest BCUT2D eigenvalue weighted by molar-refractivity contribution is 9.10. The molecule has 0 spiro atoms. The van der Waals surface area contributed by atoms with Crippen LogP contribution in [-0.2, 0) is 20.6 Å². The van der Waals surface area contributed by atoms with Crippen LogP contribution in [0.4, 0.5) is 0 Å². The lowest BCUT2D eigenvalue weighted by atomic mass is 10.2. The Balaban J connectivity index is 2.07. The van der Waals surface area contributed by atoms with Gasteiger partial charge in [-0.15, -0.1) is 0 Å². The molecular weight excluding hydrogens is 398 g/mol. The Morgan fingerprint density at radius 2 is 1.65 bits per heavy atom. The second-order valence-corrected chi connectivity index (χ2v) is 7.42. The van der Waals surface area contributed by atoms with Gasteiger partial charge in [-0.2, -0.15) is 4.98 Å². The van der Waals surface area contributed by atoms with Crippen molar-refractivity contribution in [2.24, 2.45) is 14.1 Å². The topological polar surface area (TPSA) is 66.2 Å². The van der Waals surface area contributed by atoms with Crippen molar-refractivity contribution in [3.8, 4) is 0 Å². The molecule has 1 aromatic carbocycles. The smallest absolute Gasteiger partial charge is 0.317 e. The monoisotopic (exact) mass is 415 g/mol. The molecule has 0 fully saturated rings. The van der Waals surface area contributed by atoms with Gasteiger partial charge in [0.25, 0.3) is 5.56 Å². The van der Waals surface area contributed by atoms with Crippen molar-refractivity contribution in [3.05, 3.63) is 66.5 Å². The van der Waals surface area contributed by atoms with Gasteiger partial charge in [-0.25, -0.2) is 4.79 Å². The zero-order valence-electron chi connectivity index (χ0n) is 14.9. The van der Waals surface area contributed by atoms with E-state index in [1.807, 2.05) is 54.1 Å². The SMILES string of the molecule is Cc1c(C)n2c3c(=O)n(Cc4ccc(Br)cc4)c(=O)n(C)c3nc2n1C. The summed E-state index contributed by atoms with van der Waals surface area (Å²) in [6, 6.07) is 7.57. The van der Waals surface area contributed by atoms with Crippen molar-refractivity contribution >= 4 is 32.9 Å². The fourth-order valence-electron chi connectivity index (χ4n) is 3.32. The van der Waals surface area contributed by atoms with Crippen molar-refractivity contribution in [2.75, 3.05) is 0 Å². The number of halogens is 1. The van der Waals surface area contributed by atoms with Gasteiger partial charge in [-0.3, -0.25) is 18.3 Å². The largest absolute Gasteiger partial charge is 0.332 e. The van der Waals surface area contributed by atoms with Crippen LogP contribution in [0.15, 0.2) is 38.3 Å². The molecule has 3 heterocycles. The predicted molar refractivity (Wildman–Crippen MR) is 104 cm³/mol. The highest BCUT2D eigenvalue weighted by atomic mass is 79.9. The van der Waals surface area contributed by atoms with Gasteiger partial charge in [0.05, 0.1) is 6.54 Å². The molecule has 26 heavy (non-hydrogen) atoms. The van der Waals surface area contributed by atoms with Gasteiger partial charge in [0.2, 0.25) is 5.78 Å². The van der Waals surface area contributed by atoms with E-state index in [9.17, 15) is 9.59 Å². The van der Waals surface area contributed by atoms with Gasteiger partial charge in [0, 0.05) is 30.0 Å². The minimum absolute atomic E-state index is 0.215. The third-order valence-electron chi connectivity index (χ3n) is 5.04. The van der Waals surface area contributed by atoms with Crippen LogP contribution in [0, 0.1) is 13.8 Å². The number of rotatable bonds is 2. The van der Waals surface area contributed by atoms with Crippen LogP contribution in [0.5, 0.6) is 0 Å². The molecule has 3 aromatic heterocycles. The van der Waals surface area contributed by atoms with Crippen molar-refractivity contribution in [1.82, 2.24) is 23.1 Å². The van der Waals surface area contributed by atoms with E-state index in [1.54, 1.807) is 7.05 Å². The Morgan fingerprint density at radius 1 is 1.00 bits per heavy atom. The van der Waals surface area contributed by atoms with Crippen LogP contribution in [0.2, 0.25) is 0 Å². The summed E-state index contributed by atoms with van der Waals surface area (Å²) >= 11 is 3.39. The van der Waals surface area contributed by atoms with E-state index in [4.69, 9.17) is 0 Å². The van der Waals surface area contributed by atoms with E-state index in [-0.39, 0.29) is 17.8 Å². The molecule has 0 unspecified atom stereocenters. The van der Waals surface area contributed by atoms with Crippen molar-refractivity contribution in [1.29, 1.82) is 0 Å². The van der Waals surface area contributed by atoms with Gasteiger partial charge in [-0.1, -0.05) is 28.1 Å². The van der Waals surface area contributed by atoms with E-state index in [0.29, 0.717) is 16.9 Å². The minimum Gasteiger partial charge on any atom is -0.317 e. The summed E-state index contributed by atoms with van der Waals surface area (Å²) in [7, 11) is 3.55. The lowest BCUT2D eigenvalue weighted by Gasteiger charge is -2.09. The fourth-order valence-corrected chi connectivity index (χ4v) is 3.58. The van der Waals surface area contributed by atoms with Crippen LogP contribution in [0.25, 0.3) is 16.9 Å². The molecule has 0 aliphatic carbocycles. The summed E-state index contributed by atoms with van der Waals surface area (Å²) < 4.78 is 7.42. The molecule has 0 saturated carbocycles. The molecule has 0 atom stereocenters. The zero-order chi connectivity index (χ0) is 18.7. The van der Waals surface area contributed by atoms with E-state index in [1.165, 1.54) is 9.13 Å². The number of aryl methyl sites for hydroxylation is 3. The summed E-state index contributed by atoms with van der Waals surface area (Å²) in [6.07, 6.45) is 0. The molecule has 0 N–H and O–H groups in total. The quantitative estimate of drug-likeness (QED) is 0.503. The summed E-state index contributed by atoms with van der Waals surface area (Å²) in [5.74, 6) is 0.656. The summed E-state index contributed by atoms with van der Waals surface area (Å²) in [4.78, 5) is 30.5. The zero-order valence-corrected chi connectivity index (χ0v) is 16.5. The molecule has 4 aromatic rings. The molecule has 8 heteroatoms. The lowest BCUT2D eigenvalue weighted by Crippen LogP contribution is -2.39. The first-order valence-corrected chi connectivity index (χ1v) is 8.99. The highest BCUT2D eigenvalue weighted by Crippen LogP contribution is 2.19. The van der Waals surface area contributed by atoms with Crippen molar-refractivity contribution in [2.45, 2.75) is 20.4 Å². The van der Waals surface area contributed by atoms with E-state index in [0.717, 1.165) is 21.4 Å². The van der Waals surface area contributed by atoms with Crippen LogP contribution < -0.4 is 11.2 Å². The summed E-state index contributed by atoms with van der Waals surface area (Å²) in [6.45, 7) is 4.15. The minimum atomic E-state index is -0.372. The first-order valence-electron chi connectivity index (χ1n) is 8.19. The third-order valence-corrected chi connectivity index (χ3v) is 5.57. The molecule has 0 radical (unpaired) electrons. The van der Waals surface area contributed by atoms with Gasteiger partial charge < -0.3 is 4.57 Å². The molecule has 0 bridgehead atoms. The Bertz CT molecular complexity index is 1290. The number of hydrogen-bond donors (Lipinski definition) is 0. The predicted octanol–water partition coefficient (Wildman–Crippen LogP) is 2.11. The Kier molecular flexibility index (Phi) is 3.69. The molecule has 0 aliphatic heterocycles. The number of benzene rings is 1. The average molecular weight is 416 g/mol. The van der Waals surface area contributed by atoms with Crippen molar-refractivity contribution < 1.29 is 0 Å².